The Hall–Kier alpha value is -0.300. The third kappa shape index (κ3) is 5.24. The zero-order chi connectivity index (χ0) is 19.7. The third-order valence-electron chi connectivity index (χ3n) is 6.39. The summed E-state index contributed by atoms with van der Waals surface area (Å²) in [6, 6.07) is 0. The molecule has 0 radical (unpaired) electrons. The van der Waals surface area contributed by atoms with Crippen LogP contribution in [0, 0.1) is 17.3 Å². The monoisotopic (exact) mass is 538 g/mol. The Morgan fingerprint density at radius 3 is 2.18 bits per heavy atom. The first-order valence-corrected chi connectivity index (χ1v) is 11.1. The number of sulfonamides is 1. The van der Waals surface area contributed by atoms with Gasteiger partial charge < -0.3 is 10.6 Å². The van der Waals surface area contributed by atoms with Gasteiger partial charge in [0.1, 0.15) is 0 Å². The molecule has 0 amide bonds. The maximum Gasteiger partial charge on any atom is 0.511 e. The smallest absolute Gasteiger partial charge is 0.356 e. The summed E-state index contributed by atoms with van der Waals surface area (Å²) < 4.78 is 61.3. The van der Waals surface area contributed by atoms with Crippen molar-refractivity contribution in [3.63, 3.8) is 0 Å². The molecule has 2 N–H and O–H groups in total. The van der Waals surface area contributed by atoms with Crippen LogP contribution >= 0.6 is 24.0 Å². The van der Waals surface area contributed by atoms with Gasteiger partial charge in [-0.15, -0.1) is 24.0 Å². The molecule has 28 heavy (non-hydrogen) atoms. The molecule has 2 aliphatic carbocycles. The van der Waals surface area contributed by atoms with Crippen molar-refractivity contribution in [1.29, 1.82) is 0 Å². The van der Waals surface area contributed by atoms with Gasteiger partial charge in [-0.05, 0) is 55.8 Å². The molecule has 2 saturated carbocycles. The summed E-state index contributed by atoms with van der Waals surface area (Å²) in [7, 11) is -3.50. The molecule has 0 aromatic carbocycles. The van der Waals surface area contributed by atoms with Gasteiger partial charge in [0.05, 0.1) is 0 Å². The van der Waals surface area contributed by atoms with Gasteiger partial charge in [0, 0.05) is 33.2 Å². The van der Waals surface area contributed by atoms with E-state index in [0.717, 1.165) is 12.5 Å². The molecule has 1 aliphatic heterocycles. The molecule has 3 aliphatic rings. The van der Waals surface area contributed by atoms with Crippen LogP contribution in [0.3, 0.4) is 0 Å². The minimum Gasteiger partial charge on any atom is -0.356 e. The number of alkyl halides is 3. The average molecular weight is 538 g/mol. The molecule has 0 bridgehead atoms. The number of aliphatic imine (C=N–C) groups is 1. The second-order valence-corrected chi connectivity index (χ2v) is 10.0. The highest BCUT2D eigenvalue weighted by Gasteiger charge is 2.50. The summed E-state index contributed by atoms with van der Waals surface area (Å²) in [6.07, 6.45) is 7.31. The van der Waals surface area contributed by atoms with Crippen LogP contribution in [0.25, 0.3) is 0 Å². The number of guanidine groups is 1. The minimum atomic E-state index is -5.22. The van der Waals surface area contributed by atoms with E-state index in [1.807, 2.05) is 0 Å². The third-order valence-corrected chi connectivity index (χ3v) is 8.02. The molecule has 0 aromatic rings. The van der Waals surface area contributed by atoms with Crippen molar-refractivity contribution in [1.82, 2.24) is 14.9 Å². The van der Waals surface area contributed by atoms with Gasteiger partial charge in [-0.25, -0.2) is 8.42 Å². The molecule has 0 spiro atoms. The molecular weight excluding hydrogens is 508 g/mol. The van der Waals surface area contributed by atoms with Crippen molar-refractivity contribution < 1.29 is 21.6 Å². The second kappa shape index (κ2) is 9.23. The highest BCUT2D eigenvalue weighted by atomic mass is 127. The summed E-state index contributed by atoms with van der Waals surface area (Å²) in [5.41, 5.74) is -4.79. The fraction of sp³-hybridized carbons (Fsp3) is 0.941. The standard InChI is InChI=1S/C17H29F3N4O2S.HI/c1-21-15(23-12-16(7-2-8-16)14-3-4-14)22-11-13-5-9-24(10-6-13)27(25,26)17(18,19)20;/h13-14H,2-12H2,1H3,(H2,21,22,23);1H. The number of piperidine rings is 1. The zero-order valence-electron chi connectivity index (χ0n) is 16.1. The SMILES string of the molecule is CN=C(NCC1CCN(S(=O)(=O)C(F)(F)F)CC1)NCC1(C2CC2)CCC1.I. The van der Waals surface area contributed by atoms with E-state index in [0.29, 0.717) is 35.1 Å². The van der Waals surface area contributed by atoms with E-state index in [1.165, 1.54) is 32.1 Å². The first-order chi connectivity index (χ1) is 12.7. The lowest BCUT2D eigenvalue weighted by molar-refractivity contribution is -0.0496. The van der Waals surface area contributed by atoms with Gasteiger partial charge in [0.25, 0.3) is 0 Å². The number of rotatable bonds is 6. The van der Waals surface area contributed by atoms with Gasteiger partial charge in [-0.1, -0.05) is 6.42 Å². The quantitative estimate of drug-likeness (QED) is 0.310. The molecular formula is C17H30F3IN4O2S. The van der Waals surface area contributed by atoms with E-state index >= 15 is 0 Å². The molecule has 1 heterocycles. The van der Waals surface area contributed by atoms with Gasteiger partial charge in [-0.2, -0.15) is 17.5 Å². The van der Waals surface area contributed by atoms with Crippen LogP contribution in [-0.2, 0) is 10.0 Å². The van der Waals surface area contributed by atoms with Crippen molar-refractivity contribution in [2.45, 2.75) is 50.5 Å². The lowest BCUT2D eigenvalue weighted by Crippen LogP contribution is -2.49. The fourth-order valence-electron chi connectivity index (χ4n) is 4.28. The summed E-state index contributed by atoms with van der Waals surface area (Å²) in [5, 5.41) is 6.66. The van der Waals surface area contributed by atoms with Crippen molar-refractivity contribution >= 4 is 40.0 Å². The van der Waals surface area contributed by atoms with Crippen molar-refractivity contribution in [2.24, 2.45) is 22.2 Å². The Morgan fingerprint density at radius 1 is 1.14 bits per heavy atom. The lowest BCUT2D eigenvalue weighted by Gasteiger charge is -2.43. The normalized spacial score (nSPS) is 24.2. The van der Waals surface area contributed by atoms with E-state index in [4.69, 9.17) is 0 Å². The molecule has 3 rings (SSSR count). The zero-order valence-corrected chi connectivity index (χ0v) is 19.2. The van der Waals surface area contributed by atoms with E-state index in [2.05, 4.69) is 15.6 Å². The van der Waals surface area contributed by atoms with Gasteiger partial charge in [0.15, 0.2) is 5.96 Å². The van der Waals surface area contributed by atoms with Crippen LogP contribution in [0.4, 0.5) is 13.2 Å². The predicted octanol–water partition coefficient (Wildman–Crippen LogP) is 2.91. The molecule has 0 unspecified atom stereocenters. The highest BCUT2D eigenvalue weighted by Crippen LogP contribution is 2.56. The van der Waals surface area contributed by atoms with Crippen LogP contribution in [0.2, 0.25) is 0 Å². The molecule has 0 aromatic heterocycles. The Kier molecular flexibility index (Phi) is 7.91. The Bertz CT molecular complexity index is 656. The van der Waals surface area contributed by atoms with Crippen LogP contribution in [-0.4, -0.2) is 57.4 Å². The van der Waals surface area contributed by atoms with E-state index in [-0.39, 0.29) is 43.0 Å². The number of hydrogen-bond acceptors (Lipinski definition) is 3. The van der Waals surface area contributed by atoms with Crippen LogP contribution < -0.4 is 10.6 Å². The molecule has 6 nitrogen and oxygen atoms in total. The minimum absolute atomic E-state index is 0. The molecule has 164 valence electrons. The molecule has 3 fully saturated rings. The number of halogens is 4. The van der Waals surface area contributed by atoms with Gasteiger partial charge >= 0.3 is 15.5 Å². The molecule has 11 heteroatoms. The molecule has 0 atom stereocenters. The van der Waals surface area contributed by atoms with E-state index < -0.39 is 15.5 Å². The highest BCUT2D eigenvalue weighted by molar-refractivity contribution is 14.0. The number of hydrogen-bond donors (Lipinski definition) is 2. The predicted molar refractivity (Wildman–Crippen MR) is 113 cm³/mol. The Balaban J connectivity index is 0.00000280. The summed E-state index contributed by atoms with van der Waals surface area (Å²) in [5.74, 6) is 1.69. The fourth-order valence-corrected chi connectivity index (χ4v) is 5.26. The van der Waals surface area contributed by atoms with Crippen LogP contribution in [0.5, 0.6) is 0 Å². The first kappa shape index (κ1) is 24.0. The maximum absolute atomic E-state index is 12.6. The Labute approximate surface area is 182 Å². The van der Waals surface area contributed by atoms with E-state index in [1.54, 1.807) is 7.05 Å². The average Bonchev–Trinajstić information content (AvgIpc) is 3.41. The molecule has 1 saturated heterocycles. The van der Waals surface area contributed by atoms with E-state index in [9.17, 15) is 21.6 Å². The topological polar surface area (TPSA) is 73.8 Å². The first-order valence-electron chi connectivity index (χ1n) is 9.69. The van der Waals surface area contributed by atoms with Crippen molar-refractivity contribution in [3.05, 3.63) is 0 Å². The summed E-state index contributed by atoms with van der Waals surface area (Å²) in [4.78, 5) is 4.24. The van der Waals surface area contributed by atoms with Crippen LogP contribution in [0.1, 0.15) is 44.9 Å². The summed E-state index contributed by atoms with van der Waals surface area (Å²) >= 11 is 0. The summed E-state index contributed by atoms with van der Waals surface area (Å²) in [6.45, 7) is 1.31. The lowest BCUT2D eigenvalue weighted by atomic mass is 9.65. The van der Waals surface area contributed by atoms with Crippen molar-refractivity contribution in [2.75, 3.05) is 33.2 Å². The second-order valence-electron chi connectivity index (χ2n) is 8.09. The number of nitrogens with one attached hydrogen (secondary N) is 2. The number of nitrogens with zero attached hydrogens (tertiary/aromatic N) is 2. The van der Waals surface area contributed by atoms with Gasteiger partial charge in [0.2, 0.25) is 0 Å². The van der Waals surface area contributed by atoms with Gasteiger partial charge in [-0.3, -0.25) is 4.99 Å². The largest absolute Gasteiger partial charge is 0.511 e. The Morgan fingerprint density at radius 2 is 1.75 bits per heavy atom. The maximum atomic E-state index is 12.6. The van der Waals surface area contributed by atoms with Crippen molar-refractivity contribution in [3.8, 4) is 0 Å². The van der Waals surface area contributed by atoms with Crippen LogP contribution in [0.15, 0.2) is 4.99 Å².